The lowest BCUT2D eigenvalue weighted by molar-refractivity contribution is 0.0924. The van der Waals surface area contributed by atoms with Gasteiger partial charge < -0.3 is 0 Å². The molecule has 0 amide bonds. The molecule has 1 aromatic carbocycles. The zero-order chi connectivity index (χ0) is 14.5. The molecule has 20 heavy (non-hydrogen) atoms. The first-order valence-corrected chi connectivity index (χ1v) is 8.25. The van der Waals surface area contributed by atoms with Crippen LogP contribution >= 0.6 is 27.3 Å². The maximum atomic E-state index is 12.2. The number of benzene rings is 1. The summed E-state index contributed by atoms with van der Waals surface area (Å²) in [5, 5.41) is 2.09. The molecular formula is C16H18BrNOS. The number of likely N-dealkylation sites (N-methyl/N-ethyl adjacent to an activating group) is 1. The Bertz CT molecular complexity index is 550. The molecule has 0 aliphatic carbocycles. The molecule has 0 bridgehead atoms. The van der Waals surface area contributed by atoms with Crippen LogP contribution in [-0.4, -0.2) is 30.3 Å². The van der Waals surface area contributed by atoms with Crippen molar-refractivity contribution in [2.24, 2.45) is 0 Å². The summed E-state index contributed by atoms with van der Waals surface area (Å²) in [6.07, 6.45) is 0.988. The van der Waals surface area contributed by atoms with E-state index in [1.807, 2.05) is 31.3 Å². The molecule has 0 saturated carbocycles. The van der Waals surface area contributed by atoms with Crippen molar-refractivity contribution in [3.05, 3.63) is 56.7 Å². The largest absolute Gasteiger partial charge is 0.296 e. The van der Waals surface area contributed by atoms with Gasteiger partial charge in [-0.05, 0) is 44.0 Å². The summed E-state index contributed by atoms with van der Waals surface area (Å²) in [6, 6.07) is 12.1. The van der Waals surface area contributed by atoms with E-state index in [4.69, 9.17) is 0 Å². The Morgan fingerprint density at radius 2 is 2.00 bits per heavy atom. The van der Waals surface area contributed by atoms with Crippen molar-refractivity contribution in [2.45, 2.75) is 19.4 Å². The zero-order valence-corrected chi connectivity index (χ0v) is 14.1. The highest BCUT2D eigenvalue weighted by molar-refractivity contribution is 9.10. The van der Waals surface area contributed by atoms with Crippen LogP contribution in [0, 0.1) is 0 Å². The average molecular weight is 352 g/mol. The van der Waals surface area contributed by atoms with Crippen molar-refractivity contribution in [2.75, 3.05) is 13.6 Å². The van der Waals surface area contributed by atoms with Gasteiger partial charge in [0.05, 0.1) is 6.54 Å². The number of halogens is 1. The Morgan fingerprint density at radius 3 is 2.60 bits per heavy atom. The first-order chi connectivity index (χ1) is 9.56. The van der Waals surface area contributed by atoms with Gasteiger partial charge in [-0.1, -0.05) is 34.1 Å². The normalized spacial score (nSPS) is 12.6. The fourth-order valence-electron chi connectivity index (χ4n) is 1.99. The van der Waals surface area contributed by atoms with Gasteiger partial charge in [-0.15, -0.1) is 11.3 Å². The summed E-state index contributed by atoms with van der Waals surface area (Å²) >= 11 is 5.15. The molecule has 4 heteroatoms. The van der Waals surface area contributed by atoms with E-state index in [9.17, 15) is 4.79 Å². The van der Waals surface area contributed by atoms with Gasteiger partial charge in [0.1, 0.15) is 0 Å². The minimum Gasteiger partial charge on any atom is -0.296 e. The van der Waals surface area contributed by atoms with E-state index >= 15 is 0 Å². The van der Waals surface area contributed by atoms with Crippen LogP contribution in [0.3, 0.4) is 0 Å². The van der Waals surface area contributed by atoms with Gasteiger partial charge in [0.2, 0.25) is 0 Å². The summed E-state index contributed by atoms with van der Waals surface area (Å²) in [4.78, 5) is 15.7. The SMILES string of the molecule is CC(Cc1cccs1)N(C)CC(=O)c1ccc(Br)cc1. The highest BCUT2D eigenvalue weighted by Gasteiger charge is 2.15. The van der Waals surface area contributed by atoms with E-state index in [2.05, 4.69) is 45.3 Å². The number of ketones is 1. The van der Waals surface area contributed by atoms with Crippen LogP contribution in [-0.2, 0) is 6.42 Å². The van der Waals surface area contributed by atoms with Crippen molar-refractivity contribution >= 4 is 33.0 Å². The molecule has 2 nitrogen and oxygen atoms in total. The van der Waals surface area contributed by atoms with Crippen molar-refractivity contribution in [3.8, 4) is 0 Å². The number of hydrogen-bond acceptors (Lipinski definition) is 3. The standard InChI is InChI=1S/C16H18BrNOS/c1-12(10-15-4-3-9-20-15)18(2)11-16(19)13-5-7-14(17)8-6-13/h3-9,12H,10-11H2,1-2H3. The third kappa shape index (κ3) is 4.27. The van der Waals surface area contributed by atoms with Gasteiger partial charge in [0.15, 0.2) is 5.78 Å². The van der Waals surface area contributed by atoms with Gasteiger partial charge in [0.25, 0.3) is 0 Å². The number of thiophene rings is 1. The Balaban J connectivity index is 1.91. The second-order valence-corrected chi connectivity index (χ2v) is 6.93. The number of carbonyl (C=O) groups excluding carboxylic acids is 1. The second kappa shape index (κ2) is 7.16. The summed E-state index contributed by atoms with van der Waals surface area (Å²) in [6.45, 7) is 2.61. The molecular weight excluding hydrogens is 334 g/mol. The second-order valence-electron chi connectivity index (χ2n) is 4.98. The first-order valence-electron chi connectivity index (χ1n) is 6.57. The molecule has 1 atom stereocenters. The van der Waals surface area contributed by atoms with Crippen LogP contribution in [0.25, 0.3) is 0 Å². The average Bonchev–Trinajstić information content (AvgIpc) is 2.92. The van der Waals surface area contributed by atoms with Crippen LogP contribution < -0.4 is 0 Å². The number of rotatable bonds is 6. The molecule has 1 heterocycles. The fourth-order valence-corrected chi connectivity index (χ4v) is 3.08. The highest BCUT2D eigenvalue weighted by atomic mass is 79.9. The molecule has 0 fully saturated rings. The Morgan fingerprint density at radius 1 is 1.30 bits per heavy atom. The van der Waals surface area contributed by atoms with Crippen LogP contribution in [0.1, 0.15) is 22.2 Å². The van der Waals surface area contributed by atoms with Gasteiger partial charge >= 0.3 is 0 Å². The first kappa shape index (κ1) is 15.4. The molecule has 0 saturated heterocycles. The van der Waals surface area contributed by atoms with E-state index in [0.29, 0.717) is 12.6 Å². The Labute approximate surface area is 132 Å². The molecule has 1 aromatic heterocycles. The maximum absolute atomic E-state index is 12.2. The smallest absolute Gasteiger partial charge is 0.176 e. The van der Waals surface area contributed by atoms with Crippen LogP contribution in [0.15, 0.2) is 46.3 Å². The number of carbonyl (C=O) groups is 1. The van der Waals surface area contributed by atoms with Crippen LogP contribution in [0.4, 0.5) is 0 Å². The Kier molecular flexibility index (Phi) is 5.52. The lowest BCUT2D eigenvalue weighted by Crippen LogP contribution is -2.35. The molecule has 2 aromatic rings. The molecule has 0 N–H and O–H groups in total. The van der Waals surface area contributed by atoms with Gasteiger partial charge in [-0.25, -0.2) is 0 Å². The molecule has 0 aliphatic heterocycles. The molecule has 1 unspecified atom stereocenters. The van der Waals surface area contributed by atoms with Gasteiger partial charge in [-0.3, -0.25) is 9.69 Å². The fraction of sp³-hybridized carbons (Fsp3) is 0.312. The third-order valence-corrected chi connectivity index (χ3v) is 4.82. The van der Waals surface area contributed by atoms with E-state index in [-0.39, 0.29) is 5.78 Å². The lowest BCUT2D eigenvalue weighted by Gasteiger charge is -2.23. The quantitative estimate of drug-likeness (QED) is 0.724. The topological polar surface area (TPSA) is 20.3 Å². The van der Waals surface area contributed by atoms with Gasteiger partial charge in [0, 0.05) is 21.0 Å². The van der Waals surface area contributed by atoms with Crippen LogP contribution in [0.5, 0.6) is 0 Å². The summed E-state index contributed by atoms with van der Waals surface area (Å²) in [5.74, 6) is 0.165. The summed E-state index contributed by atoms with van der Waals surface area (Å²) in [5.41, 5.74) is 0.767. The monoisotopic (exact) mass is 351 g/mol. The van der Waals surface area contributed by atoms with Crippen molar-refractivity contribution in [1.29, 1.82) is 0 Å². The van der Waals surface area contributed by atoms with Crippen LogP contribution in [0.2, 0.25) is 0 Å². The lowest BCUT2D eigenvalue weighted by atomic mass is 10.1. The summed E-state index contributed by atoms with van der Waals surface area (Å²) < 4.78 is 0.994. The van der Waals surface area contributed by atoms with Crippen molar-refractivity contribution in [3.63, 3.8) is 0 Å². The van der Waals surface area contributed by atoms with E-state index in [0.717, 1.165) is 16.5 Å². The molecule has 0 aliphatic rings. The Hall–Kier alpha value is -0.970. The highest BCUT2D eigenvalue weighted by Crippen LogP contribution is 2.15. The number of Topliss-reactive ketones (excluding diaryl/α,β-unsaturated/α-hetero) is 1. The molecule has 0 spiro atoms. The van der Waals surface area contributed by atoms with E-state index < -0.39 is 0 Å². The summed E-state index contributed by atoms with van der Waals surface area (Å²) in [7, 11) is 2.01. The number of hydrogen-bond donors (Lipinski definition) is 0. The predicted octanol–water partition coefficient (Wildman–Crippen LogP) is 4.26. The molecule has 106 valence electrons. The third-order valence-electron chi connectivity index (χ3n) is 3.39. The van der Waals surface area contributed by atoms with Crippen molar-refractivity contribution in [1.82, 2.24) is 4.90 Å². The maximum Gasteiger partial charge on any atom is 0.176 e. The minimum atomic E-state index is 0.165. The van der Waals surface area contributed by atoms with E-state index in [1.54, 1.807) is 11.3 Å². The molecule has 2 rings (SSSR count). The minimum absolute atomic E-state index is 0.165. The zero-order valence-electron chi connectivity index (χ0n) is 11.7. The van der Waals surface area contributed by atoms with E-state index in [1.165, 1.54) is 4.88 Å². The predicted molar refractivity (Wildman–Crippen MR) is 88.6 cm³/mol. The van der Waals surface area contributed by atoms with Crippen molar-refractivity contribution < 1.29 is 4.79 Å². The number of nitrogens with zero attached hydrogens (tertiary/aromatic N) is 1. The van der Waals surface area contributed by atoms with Gasteiger partial charge in [-0.2, -0.15) is 0 Å². The molecule has 0 radical (unpaired) electrons.